The summed E-state index contributed by atoms with van der Waals surface area (Å²) in [6, 6.07) is 14.0. The highest BCUT2D eigenvalue weighted by Gasteiger charge is 2.30. The van der Waals surface area contributed by atoms with Gasteiger partial charge in [-0.1, -0.05) is 12.1 Å². The van der Waals surface area contributed by atoms with Crippen LogP contribution in [0.3, 0.4) is 0 Å². The van der Waals surface area contributed by atoms with Crippen molar-refractivity contribution >= 4 is 11.8 Å². The molecule has 0 aromatic heterocycles. The number of benzene rings is 2. The molecule has 2 amide bonds. The Morgan fingerprint density at radius 2 is 2.15 bits per heavy atom. The van der Waals surface area contributed by atoms with Crippen molar-refractivity contribution in [3.05, 3.63) is 64.7 Å². The Hall–Kier alpha value is -3.33. The van der Waals surface area contributed by atoms with Crippen LogP contribution in [0.1, 0.15) is 34.0 Å². The molecular formula is C20H19N3O3. The molecule has 0 aliphatic carbocycles. The number of rotatable bonds is 5. The molecule has 0 saturated carbocycles. The highest BCUT2D eigenvalue weighted by Crippen LogP contribution is 2.25. The molecule has 1 unspecified atom stereocenters. The minimum atomic E-state index is -0.626. The lowest BCUT2D eigenvalue weighted by atomic mass is 9.97. The van der Waals surface area contributed by atoms with E-state index in [0.717, 1.165) is 11.1 Å². The van der Waals surface area contributed by atoms with Crippen LogP contribution in [0.2, 0.25) is 0 Å². The lowest BCUT2D eigenvalue weighted by Crippen LogP contribution is -2.49. The number of primary amides is 1. The first-order valence-corrected chi connectivity index (χ1v) is 8.34. The number of nitriles is 1. The molecule has 0 fully saturated rings. The third kappa shape index (κ3) is 3.52. The average molecular weight is 349 g/mol. The maximum Gasteiger partial charge on any atom is 0.254 e. The molecule has 2 aromatic carbocycles. The van der Waals surface area contributed by atoms with Gasteiger partial charge >= 0.3 is 0 Å². The summed E-state index contributed by atoms with van der Waals surface area (Å²) in [6.45, 7) is 2.43. The zero-order valence-electron chi connectivity index (χ0n) is 14.4. The summed E-state index contributed by atoms with van der Waals surface area (Å²) in [6.07, 6.45) is 0.639. The maximum atomic E-state index is 12.6. The summed E-state index contributed by atoms with van der Waals surface area (Å²) in [5.41, 5.74) is 8.27. The van der Waals surface area contributed by atoms with Crippen molar-refractivity contribution in [1.82, 2.24) is 4.90 Å². The Balaban J connectivity index is 1.73. The lowest BCUT2D eigenvalue weighted by molar-refractivity contribution is -0.122. The predicted octanol–water partition coefficient (Wildman–Crippen LogP) is 2.01. The van der Waals surface area contributed by atoms with Gasteiger partial charge in [0.15, 0.2) is 0 Å². The largest absolute Gasteiger partial charge is 0.489 e. The van der Waals surface area contributed by atoms with E-state index in [9.17, 15) is 9.59 Å². The van der Waals surface area contributed by atoms with Gasteiger partial charge in [0, 0.05) is 12.1 Å². The third-order valence-corrected chi connectivity index (χ3v) is 4.53. The van der Waals surface area contributed by atoms with Crippen LogP contribution < -0.4 is 10.5 Å². The molecule has 0 spiro atoms. The predicted molar refractivity (Wildman–Crippen MR) is 95.3 cm³/mol. The minimum Gasteiger partial charge on any atom is -0.489 e. The summed E-state index contributed by atoms with van der Waals surface area (Å²) < 4.78 is 5.80. The van der Waals surface area contributed by atoms with E-state index in [1.165, 1.54) is 4.90 Å². The zero-order chi connectivity index (χ0) is 18.7. The number of carbonyl (C=O) groups is 2. The van der Waals surface area contributed by atoms with Crippen molar-refractivity contribution in [2.24, 2.45) is 5.73 Å². The van der Waals surface area contributed by atoms with Gasteiger partial charge in [-0.25, -0.2) is 0 Å². The van der Waals surface area contributed by atoms with Crippen LogP contribution in [0.15, 0.2) is 42.5 Å². The van der Waals surface area contributed by atoms with Gasteiger partial charge in [0.2, 0.25) is 5.91 Å². The Bertz CT molecular complexity index is 901. The molecule has 0 radical (unpaired) electrons. The van der Waals surface area contributed by atoms with Gasteiger partial charge in [-0.2, -0.15) is 5.26 Å². The van der Waals surface area contributed by atoms with E-state index in [1.54, 1.807) is 31.2 Å². The summed E-state index contributed by atoms with van der Waals surface area (Å²) in [5, 5.41) is 8.94. The second kappa shape index (κ2) is 7.28. The number of nitrogens with zero attached hydrogens (tertiary/aromatic N) is 2. The van der Waals surface area contributed by atoms with E-state index in [4.69, 9.17) is 15.7 Å². The van der Waals surface area contributed by atoms with E-state index in [2.05, 4.69) is 6.07 Å². The van der Waals surface area contributed by atoms with Gasteiger partial charge in [-0.3, -0.25) is 9.59 Å². The molecule has 1 heterocycles. The number of amides is 2. The maximum absolute atomic E-state index is 12.6. The van der Waals surface area contributed by atoms with Gasteiger partial charge in [0.25, 0.3) is 5.91 Å². The smallest absolute Gasteiger partial charge is 0.254 e. The van der Waals surface area contributed by atoms with Gasteiger partial charge in [-0.05, 0) is 54.8 Å². The van der Waals surface area contributed by atoms with Gasteiger partial charge in [-0.15, -0.1) is 0 Å². The number of hydrogen-bond acceptors (Lipinski definition) is 4. The number of ether oxygens (including phenoxy) is 1. The normalized spacial score (nSPS) is 14.3. The molecule has 6 nitrogen and oxygen atoms in total. The fraction of sp³-hybridized carbons (Fsp3) is 0.250. The zero-order valence-corrected chi connectivity index (χ0v) is 14.4. The van der Waals surface area contributed by atoms with Crippen molar-refractivity contribution in [3.63, 3.8) is 0 Å². The van der Waals surface area contributed by atoms with Crippen LogP contribution in [0, 0.1) is 11.3 Å². The Morgan fingerprint density at radius 1 is 1.35 bits per heavy atom. The van der Waals surface area contributed by atoms with Gasteiger partial charge in [0.1, 0.15) is 18.4 Å². The molecule has 1 atom stereocenters. The van der Waals surface area contributed by atoms with Gasteiger partial charge < -0.3 is 15.4 Å². The summed E-state index contributed by atoms with van der Waals surface area (Å²) >= 11 is 0. The second-order valence-electron chi connectivity index (χ2n) is 6.25. The molecule has 2 N–H and O–H groups in total. The monoisotopic (exact) mass is 349 g/mol. The first kappa shape index (κ1) is 17.5. The topological polar surface area (TPSA) is 96.4 Å². The third-order valence-electron chi connectivity index (χ3n) is 4.53. The average Bonchev–Trinajstić information content (AvgIpc) is 2.66. The van der Waals surface area contributed by atoms with Crippen molar-refractivity contribution in [1.29, 1.82) is 5.26 Å². The van der Waals surface area contributed by atoms with Crippen LogP contribution in [-0.4, -0.2) is 29.3 Å². The van der Waals surface area contributed by atoms with Crippen molar-refractivity contribution in [3.8, 4) is 11.8 Å². The number of hydrogen-bond donors (Lipinski definition) is 1. The van der Waals surface area contributed by atoms with E-state index in [1.807, 2.05) is 18.2 Å². The Kier molecular flexibility index (Phi) is 4.90. The number of nitrogens with two attached hydrogens (primary N) is 1. The molecule has 2 aromatic rings. The van der Waals surface area contributed by atoms with Crippen molar-refractivity contribution < 1.29 is 14.3 Å². The van der Waals surface area contributed by atoms with E-state index in [-0.39, 0.29) is 5.91 Å². The minimum absolute atomic E-state index is 0.189. The SMILES string of the molecule is CC(C(N)=O)N1CCc2cc(OCc3cccc(C#N)c3)ccc2C1=O. The summed E-state index contributed by atoms with van der Waals surface area (Å²) in [4.78, 5) is 25.4. The standard InChI is InChI=1S/C20H19N3O3/c1-13(19(22)24)23-8-7-16-10-17(5-6-18(16)20(23)25)26-12-15-4-2-3-14(9-15)11-21/h2-6,9-10,13H,7-8,12H2,1H3,(H2,22,24). The number of carbonyl (C=O) groups excluding carboxylic acids is 2. The highest BCUT2D eigenvalue weighted by atomic mass is 16.5. The quantitative estimate of drug-likeness (QED) is 0.893. The Morgan fingerprint density at radius 3 is 2.88 bits per heavy atom. The summed E-state index contributed by atoms with van der Waals surface area (Å²) in [5.74, 6) is -0.0394. The molecule has 1 aliphatic rings. The molecule has 6 heteroatoms. The molecule has 0 bridgehead atoms. The van der Waals surface area contributed by atoms with E-state index in [0.29, 0.717) is 36.4 Å². The fourth-order valence-corrected chi connectivity index (χ4v) is 2.99. The summed E-state index contributed by atoms with van der Waals surface area (Å²) in [7, 11) is 0. The lowest BCUT2D eigenvalue weighted by Gasteiger charge is -2.32. The molecule has 3 rings (SSSR count). The van der Waals surface area contributed by atoms with Crippen LogP contribution in [0.25, 0.3) is 0 Å². The molecule has 132 valence electrons. The molecular weight excluding hydrogens is 330 g/mol. The van der Waals surface area contributed by atoms with Crippen LogP contribution in [0.5, 0.6) is 5.75 Å². The molecule has 1 aliphatic heterocycles. The fourth-order valence-electron chi connectivity index (χ4n) is 2.99. The van der Waals surface area contributed by atoms with Crippen molar-refractivity contribution in [2.75, 3.05) is 6.54 Å². The second-order valence-corrected chi connectivity index (χ2v) is 6.25. The van der Waals surface area contributed by atoms with Crippen LogP contribution >= 0.6 is 0 Å². The van der Waals surface area contributed by atoms with Crippen LogP contribution in [0.4, 0.5) is 0 Å². The van der Waals surface area contributed by atoms with Gasteiger partial charge in [0.05, 0.1) is 11.6 Å². The van der Waals surface area contributed by atoms with E-state index >= 15 is 0 Å². The van der Waals surface area contributed by atoms with Crippen LogP contribution in [-0.2, 0) is 17.8 Å². The molecule has 26 heavy (non-hydrogen) atoms. The van der Waals surface area contributed by atoms with E-state index < -0.39 is 11.9 Å². The first-order valence-electron chi connectivity index (χ1n) is 8.34. The van der Waals surface area contributed by atoms with Crippen molar-refractivity contribution in [2.45, 2.75) is 26.0 Å². The Labute approximate surface area is 151 Å². The first-order chi connectivity index (χ1) is 12.5. The number of fused-ring (bicyclic) bond motifs is 1. The molecule has 0 saturated heterocycles. The highest BCUT2D eigenvalue weighted by molar-refractivity contribution is 5.99.